The summed E-state index contributed by atoms with van der Waals surface area (Å²) in [5.74, 6) is -1.39. The lowest BCUT2D eigenvalue weighted by atomic mass is 9.95. The zero-order chi connectivity index (χ0) is 27.3. The Labute approximate surface area is 215 Å². The number of rotatable bonds is 13. The number of alkyl carbamates (subject to hydrolysis) is 1. The fourth-order valence-corrected chi connectivity index (χ4v) is 3.63. The molecule has 0 heterocycles. The van der Waals surface area contributed by atoms with Gasteiger partial charge in [-0.05, 0) is 45.6 Å². The lowest BCUT2D eigenvalue weighted by molar-refractivity contribution is -0.145. The molecule has 0 saturated heterocycles. The second kappa shape index (κ2) is 15.1. The van der Waals surface area contributed by atoms with Crippen LogP contribution < -0.4 is 10.6 Å². The second-order valence-corrected chi connectivity index (χ2v) is 9.70. The van der Waals surface area contributed by atoms with Crippen LogP contribution in [0.3, 0.4) is 0 Å². The topological polar surface area (TPSA) is 114 Å². The van der Waals surface area contributed by atoms with Crippen molar-refractivity contribution in [2.45, 2.75) is 85.4 Å². The molecule has 9 heteroatoms. The minimum Gasteiger partial charge on any atom is -0.466 e. The van der Waals surface area contributed by atoms with Gasteiger partial charge in [0.05, 0.1) is 13.0 Å². The van der Waals surface area contributed by atoms with E-state index in [0.29, 0.717) is 24.9 Å². The fourth-order valence-electron chi connectivity index (χ4n) is 3.63. The normalized spacial score (nSPS) is 13.6. The summed E-state index contributed by atoms with van der Waals surface area (Å²) < 4.78 is 10.3. The molecule has 0 spiro atoms. The zero-order valence-electron chi connectivity index (χ0n) is 22.8. The summed E-state index contributed by atoms with van der Waals surface area (Å²) in [6.45, 7) is 13.3. The number of carbonyl (C=O) groups excluding carboxylic acids is 4. The van der Waals surface area contributed by atoms with Gasteiger partial charge in [0.15, 0.2) is 0 Å². The fraction of sp³-hybridized carbons (Fsp3) is 0.630. The van der Waals surface area contributed by atoms with Gasteiger partial charge in [0, 0.05) is 13.1 Å². The van der Waals surface area contributed by atoms with E-state index in [9.17, 15) is 19.2 Å². The standard InChI is InChI=1S/C27H43N3O6/c1-8-18-30(25(33)22(19(4)9-2)29-26(34)36-27(5,6)7)23(20-14-12-11-13-15-20)24(32)28-17-16-21(31)35-10-3/h11-15,19,22-23H,8-10,16-18H2,1-7H3,(H,28,32)(H,29,34). The highest BCUT2D eigenvalue weighted by Gasteiger charge is 2.37. The predicted molar refractivity (Wildman–Crippen MR) is 138 cm³/mol. The van der Waals surface area contributed by atoms with Crippen molar-refractivity contribution in [2.24, 2.45) is 5.92 Å². The van der Waals surface area contributed by atoms with E-state index in [1.807, 2.05) is 26.8 Å². The van der Waals surface area contributed by atoms with Crippen molar-refractivity contribution < 1.29 is 28.7 Å². The van der Waals surface area contributed by atoms with Crippen LogP contribution in [0, 0.1) is 5.92 Å². The minimum absolute atomic E-state index is 0.0263. The van der Waals surface area contributed by atoms with Crippen molar-refractivity contribution in [1.29, 1.82) is 0 Å². The highest BCUT2D eigenvalue weighted by molar-refractivity contribution is 5.92. The van der Waals surface area contributed by atoms with Crippen LogP contribution >= 0.6 is 0 Å². The Kier molecular flexibility index (Phi) is 13.0. The Bertz CT molecular complexity index is 853. The highest BCUT2D eigenvalue weighted by Crippen LogP contribution is 2.25. The molecule has 9 nitrogen and oxygen atoms in total. The molecule has 2 N–H and O–H groups in total. The molecule has 1 aromatic carbocycles. The average Bonchev–Trinajstić information content (AvgIpc) is 2.81. The summed E-state index contributed by atoms with van der Waals surface area (Å²) in [5.41, 5.74) is -0.0881. The molecule has 0 aromatic heterocycles. The summed E-state index contributed by atoms with van der Waals surface area (Å²) in [6.07, 6.45) is 0.574. The monoisotopic (exact) mass is 505 g/mol. The van der Waals surface area contributed by atoms with Gasteiger partial charge in [-0.1, -0.05) is 57.5 Å². The number of hydrogen-bond acceptors (Lipinski definition) is 6. The molecule has 0 bridgehead atoms. The van der Waals surface area contributed by atoms with E-state index in [2.05, 4.69) is 10.6 Å². The molecule has 3 atom stereocenters. The first-order valence-electron chi connectivity index (χ1n) is 12.7. The van der Waals surface area contributed by atoms with Crippen LogP contribution in [0.2, 0.25) is 0 Å². The summed E-state index contributed by atoms with van der Waals surface area (Å²) >= 11 is 0. The van der Waals surface area contributed by atoms with E-state index in [0.717, 1.165) is 0 Å². The van der Waals surface area contributed by atoms with Gasteiger partial charge in [-0.3, -0.25) is 14.4 Å². The van der Waals surface area contributed by atoms with Gasteiger partial charge >= 0.3 is 12.1 Å². The van der Waals surface area contributed by atoms with Gasteiger partial charge in [-0.15, -0.1) is 0 Å². The van der Waals surface area contributed by atoms with E-state index < -0.39 is 35.7 Å². The number of ether oxygens (including phenoxy) is 2. The molecule has 1 rings (SSSR count). The zero-order valence-corrected chi connectivity index (χ0v) is 22.8. The lowest BCUT2D eigenvalue weighted by Crippen LogP contribution is -2.55. The molecule has 0 saturated carbocycles. The van der Waals surface area contributed by atoms with E-state index in [1.54, 1.807) is 52.0 Å². The third kappa shape index (κ3) is 10.3. The van der Waals surface area contributed by atoms with Gasteiger partial charge in [0.2, 0.25) is 11.8 Å². The molecule has 0 aliphatic carbocycles. The maximum Gasteiger partial charge on any atom is 0.408 e. The largest absolute Gasteiger partial charge is 0.466 e. The number of carbonyl (C=O) groups is 4. The van der Waals surface area contributed by atoms with Crippen molar-refractivity contribution in [1.82, 2.24) is 15.5 Å². The van der Waals surface area contributed by atoms with E-state index in [-0.39, 0.29) is 31.4 Å². The molecule has 1 aromatic rings. The molecule has 202 valence electrons. The first kappa shape index (κ1) is 30.9. The van der Waals surface area contributed by atoms with Crippen molar-refractivity contribution in [3.63, 3.8) is 0 Å². The number of benzene rings is 1. The molecular weight excluding hydrogens is 462 g/mol. The highest BCUT2D eigenvalue weighted by atomic mass is 16.6. The number of nitrogens with zero attached hydrogens (tertiary/aromatic N) is 1. The number of amides is 3. The number of nitrogens with one attached hydrogen (secondary N) is 2. The molecule has 3 unspecified atom stereocenters. The number of esters is 1. The molecule has 36 heavy (non-hydrogen) atoms. The summed E-state index contributed by atoms with van der Waals surface area (Å²) in [7, 11) is 0. The molecule has 3 amide bonds. The Hall–Kier alpha value is -3.10. The maximum absolute atomic E-state index is 13.9. The third-order valence-corrected chi connectivity index (χ3v) is 5.51. The van der Waals surface area contributed by atoms with Gasteiger partial charge < -0.3 is 25.0 Å². The van der Waals surface area contributed by atoms with Gasteiger partial charge in [0.1, 0.15) is 17.7 Å². The van der Waals surface area contributed by atoms with Crippen LogP contribution in [0.15, 0.2) is 30.3 Å². The minimum atomic E-state index is -0.937. The van der Waals surface area contributed by atoms with Gasteiger partial charge in [0.25, 0.3) is 0 Å². The van der Waals surface area contributed by atoms with Gasteiger partial charge in [-0.2, -0.15) is 0 Å². The molecule has 0 aliphatic heterocycles. The smallest absolute Gasteiger partial charge is 0.408 e. The molecule has 0 fully saturated rings. The number of hydrogen-bond donors (Lipinski definition) is 2. The summed E-state index contributed by atoms with van der Waals surface area (Å²) in [4.78, 5) is 53.1. The summed E-state index contributed by atoms with van der Waals surface area (Å²) in [5, 5.41) is 5.51. The Morgan fingerprint density at radius 3 is 2.19 bits per heavy atom. The van der Waals surface area contributed by atoms with Crippen molar-refractivity contribution in [2.75, 3.05) is 19.7 Å². The Morgan fingerprint density at radius 1 is 1.03 bits per heavy atom. The summed E-state index contributed by atoms with van der Waals surface area (Å²) in [6, 6.07) is 7.18. The van der Waals surface area contributed by atoms with Gasteiger partial charge in [-0.25, -0.2) is 4.79 Å². The lowest BCUT2D eigenvalue weighted by Gasteiger charge is -2.36. The van der Waals surface area contributed by atoms with Crippen LogP contribution in [-0.4, -0.2) is 60.1 Å². The molecular formula is C27H43N3O6. The van der Waals surface area contributed by atoms with Crippen LogP contribution in [0.5, 0.6) is 0 Å². The van der Waals surface area contributed by atoms with E-state index >= 15 is 0 Å². The first-order valence-corrected chi connectivity index (χ1v) is 12.7. The van der Waals surface area contributed by atoms with Crippen molar-refractivity contribution >= 4 is 23.9 Å². The molecule has 0 aliphatic rings. The van der Waals surface area contributed by atoms with Crippen LogP contribution in [0.4, 0.5) is 4.79 Å². The van der Waals surface area contributed by atoms with Crippen molar-refractivity contribution in [3.05, 3.63) is 35.9 Å². The average molecular weight is 506 g/mol. The van der Waals surface area contributed by atoms with Crippen LogP contribution in [0.25, 0.3) is 0 Å². The van der Waals surface area contributed by atoms with Crippen LogP contribution in [-0.2, 0) is 23.9 Å². The predicted octanol–water partition coefficient (Wildman–Crippen LogP) is 3.98. The van der Waals surface area contributed by atoms with E-state index in [1.165, 1.54) is 4.90 Å². The Morgan fingerprint density at radius 2 is 1.67 bits per heavy atom. The second-order valence-electron chi connectivity index (χ2n) is 9.70. The SMILES string of the molecule is CCCN(C(=O)C(NC(=O)OC(C)(C)C)C(C)CC)C(C(=O)NCCC(=O)OCC)c1ccccc1. The molecule has 0 radical (unpaired) electrons. The van der Waals surface area contributed by atoms with Crippen molar-refractivity contribution in [3.8, 4) is 0 Å². The van der Waals surface area contributed by atoms with Crippen LogP contribution in [0.1, 0.15) is 79.3 Å². The first-order chi connectivity index (χ1) is 16.9. The Balaban J connectivity index is 3.29. The quantitative estimate of drug-likeness (QED) is 0.392. The third-order valence-electron chi connectivity index (χ3n) is 5.51. The van der Waals surface area contributed by atoms with E-state index in [4.69, 9.17) is 9.47 Å². The maximum atomic E-state index is 13.9.